The van der Waals surface area contributed by atoms with E-state index in [0.29, 0.717) is 6.54 Å². The SMILES string of the molecule is CN(C)CCCCCCN(c1nc(Cl)nc(Cl)n1)c1nc(Cl)nc(Cl)n1. The quantitative estimate of drug-likeness (QED) is 0.543. The Morgan fingerprint density at radius 1 is 0.577 bits per heavy atom. The van der Waals surface area contributed by atoms with Gasteiger partial charge in [0.25, 0.3) is 0 Å². The molecule has 0 spiro atoms. The fourth-order valence-electron chi connectivity index (χ4n) is 2.21. The molecule has 0 unspecified atom stereocenters. The summed E-state index contributed by atoms with van der Waals surface area (Å²) < 4.78 is 0. The summed E-state index contributed by atoms with van der Waals surface area (Å²) >= 11 is 23.6. The van der Waals surface area contributed by atoms with Crippen LogP contribution in [0.3, 0.4) is 0 Å². The number of nitrogens with zero attached hydrogens (tertiary/aromatic N) is 8. The minimum Gasteiger partial charge on any atom is -0.309 e. The fourth-order valence-corrected chi connectivity index (χ4v) is 2.92. The predicted molar refractivity (Wildman–Crippen MR) is 104 cm³/mol. The highest BCUT2D eigenvalue weighted by molar-refractivity contribution is 6.31. The molecule has 0 saturated heterocycles. The first-order valence-electron chi connectivity index (χ1n) is 7.91. The van der Waals surface area contributed by atoms with Gasteiger partial charge in [-0.1, -0.05) is 12.8 Å². The molecule has 0 bridgehead atoms. The van der Waals surface area contributed by atoms with Crippen LogP contribution in [0.2, 0.25) is 21.1 Å². The van der Waals surface area contributed by atoms with Crippen LogP contribution in [0.5, 0.6) is 0 Å². The molecule has 0 aromatic carbocycles. The normalized spacial score (nSPS) is 11.2. The Hall–Kier alpha value is -1.06. The second-order valence-electron chi connectivity index (χ2n) is 5.72. The van der Waals surface area contributed by atoms with E-state index >= 15 is 0 Å². The molecule has 2 rings (SSSR count). The van der Waals surface area contributed by atoms with Gasteiger partial charge in [-0.25, -0.2) is 0 Å². The summed E-state index contributed by atoms with van der Waals surface area (Å²) in [5.74, 6) is 0.447. The Morgan fingerprint density at radius 2 is 0.962 bits per heavy atom. The largest absolute Gasteiger partial charge is 0.309 e. The Morgan fingerprint density at radius 3 is 1.35 bits per heavy atom. The zero-order valence-corrected chi connectivity index (χ0v) is 17.4. The summed E-state index contributed by atoms with van der Waals surface area (Å²) in [5.41, 5.74) is 0. The molecule has 2 heterocycles. The predicted octanol–water partition coefficient (Wildman–Crippen LogP) is 3.93. The zero-order chi connectivity index (χ0) is 19.1. The van der Waals surface area contributed by atoms with Gasteiger partial charge in [0.15, 0.2) is 0 Å². The summed E-state index contributed by atoms with van der Waals surface area (Å²) in [6.45, 7) is 1.59. The average molecular weight is 440 g/mol. The zero-order valence-electron chi connectivity index (χ0n) is 14.3. The van der Waals surface area contributed by atoms with Crippen LogP contribution >= 0.6 is 46.4 Å². The van der Waals surface area contributed by atoms with Crippen molar-refractivity contribution in [1.29, 1.82) is 0 Å². The highest BCUT2D eigenvalue weighted by Gasteiger charge is 2.19. The first-order valence-corrected chi connectivity index (χ1v) is 9.43. The Bertz CT molecular complexity index is 638. The van der Waals surface area contributed by atoms with Crippen LogP contribution in [-0.4, -0.2) is 62.0 Å². The van der Waals surface area contributed by atoms with Crippen molar-refractivity contribution in [2.75, 3.05) is 32.1 Å². The molecule has 0 aliphatic rings. The number of unbranched alkanes of at least 4 members (excludes halogenated alkanes) is 3. The van der Waals surface area contributed by atoms with E-state index in [1.165, 1.54) is 0 Å². The summed E-state index contributed by atoms with van der Waals surface area (Å²) in [7, 11) is 4.12. The van der Waals surface area contributed by atoms with Gasteiger partial charge >= 0.3 is 0 Å². The van der Waals surface area contributed by atoms with Gasteiger partial charge in [0.1, 0.15) is 0 Å². The maximum atomic E-state index is 5.89. The Balaban J connectivity index is 2.14. The van der Waals surface area contributed by atoms with Crippen LogP contribution in [0.4, 0.5) is 11.9 Å². The van der Waals surface area contributed by atoms with Crippen molar-refractivity contribution >= 4 is 58.3 Å². The van der Waals surface area contributed by atoms with E-state index in [9.17, 15) is 0 Å². The highest BCUT2D eigenvalue weighted by Crippen LogP contribution is 2.23. The molecular weight excluding hydrogens is 422 g/mol. The third-order valence-electron chi connectivity index (χ3n) is 3.36. The fraction of sp³-hybridized carbons (Fsp3) is 0.571. The molecule has 0 amide bonds. The lowest BCUT2D eigenvalue weighted by molar-refractivity contribution is 0.390. The second kappa shape index (κ2) is 10.3. The van der Waals surface area contributed by atoms with Crippen molar-refractivity contribution in [3.05, 3.63) is 21.1 Å². The lowest BCUT2D eigenvalue weighted by Gasteiger charge is -2.20. The van der Waals surface area contributed by atoms with Crippen molar-refractivity contribution in [3.63, 3.8) is 0 Å². The number of anilines is 2. The van der Waals surface area contributed by atoms with Gasteiger partial charge in [-0.05, 0) is 79.9 Å². The molecule has 2 aromatic rings. The number of hydrogen-bond acceptors (Lipinski definition) is 8. The van der Waals surface area contributed by atoms with Gasteiger partial charge in [0.05, 0.1) is 0 Å². The molecule has 0 fully saturated rings. The van der Waals surface area contributed by atoms with E-state index < -0.39 is 0 Å². The van der Waals surface area contributed by atoms with E-state index in [2.05, 4.69) is 48.9 Å². The van der Waals surface area contributed by atoms with Gasteiger partial charge < -0.3 is 4.90 Å². The van der Waals surface area contributed by atoms with Crippen molar-refractivity contribution in [1.82, 2.24) is 34.8 Å². The average Bonchev–Trinajstić information content (AvgIpc) is 2.51. The molecule has 0 saturated carbocycles. The van der Waals surface area contributed by atoms with Crippen molar-refractivity contribution in [2.45, 2.75) is 25.7 Å². The third-order valence-corrected chi connectivity index (χ3v) is 4.03. The standard InChI is InChI=1S/C14H18Cl4N8/c1-25(2)7-5-3-4-6-8-26(13-21-9(15)19-10(16)22-13)14-23-11(17)20-12(18)24-14/h3-8H2,1-2H3. The van der Waals surface area contributed by atoms with E-state index in [-0.39, 0.29) is 33.0 Å². The summed E-state index contributed by atoms with van der Waals surface area (Å²) in [4.78, 5) is 27.7. The molecule has 26 heavy (non-hydrogen) atoms. The summed E-state index contributed by atoms with van der Waals surface area (Å²) in [6.07, 6.45) is 4.10. The molecule has 0 N–H and O–H groups in total. The maximum Gasteiger partial charge on any atom is 0.237 e. The monoisotopic (exact) mass is 438 g/mol. The molecular formula is C14H18Cl4N8. The lowest BCUT2D eigenvalue weighted by Crippen LogP contribution is -2.24. The van der Waals surface area contributed by atoms with Crippen LogP contribution in [0.15, 0.2) is 0 Å². The van der Waals surface area contributed by atoms with Gasteiger partial charge in [-0.2, -0.15) is 29.9 Å². The van der Waals surface area contributed by atoms with Gasteiger partial charge in [-0.15, -0.1) is 0 Å². The van der Waals surface area contributed by atoms with E-state index in [1.807, 2.05) is 0 Å². The van der Waals surface area contributed by atoms with Gasteiger partial charge in [0.2, 0.25) is 33.0 Å². The van der Waals surface area contributed by atoms with Crippen molar-refractivity contribution in [3.8, 4) is 0 Å². The molecule has 12 heteroatoms. The molecule has 0 aliphatic heterocycles. The van der Waals surface area contributed by atoms with Crippen LogP contribution in [0.1, 0.15) is 25.7 Å². The number of halogens is 4. The van der Waals surface area contributed by atoms with Crippen LogP contribution in [0.25, 0.3) is 0 Å². The first kappa shape index (κ1) is 21.2. The second-order valence-corrected chi connectivity index (χ2v) is 7.07. The van der Waals surface area contributed by atoms with E-state index in [1.54, 1.807) is 4.90 Å². The molecule has 0 aliphatic carbocycles. The Labute approximate surface area is 171 Å². The summed E-state index contributed by atoms with van der Waals surface area (Å²) in [6, 6.07) is 0. The van der Waals surface area contributed by atoms with Crippen LogP contribution in [-0.2, 0) is 0 Å². The lowest BCUT2D eigenvalue weighted by atomic mass is 10.2. The van der Waals surface area contributed by atoms with E-state index in [0.717, 1.165) is 32.2 Å². The van der Waals surface area contributed by atoms with Crippen molar-refractivity contribution < 1.29 is 0 Å². The highest BCUT2D eigenvalue weighted by atomic mass is 35.5. The topological polar surface area (TPSA) is 83.8 Å². The molecule has 8 nitrogen and oxygen atoms in total. The molecule has 142 valence electrons. The molecule has 0 atom stereocenters. The van der Waals surface area contributed by atoms with Crippen molar-refractivity contribution in [2.24, 2.45) is 0 Å². The van der Waals surface area contributed by atoms with Crippen LogP contribution in [0, 0.1) is 0 Å². The minimum absolute atomic E-state index is 0.0257. The van der Waals surface area contributed by atoms with Crippen LogP contribution < -0.4 is 4.90 Å². The molecule has 2 aromatic heterocycles. The number of hydrogen-bond donors (Lipinski definition) is 0. The first-order chi connectivity index (χ1) is 12.3. The summed E-state index contributed by atoms with van der Waals surface area (Å²) in [5, 5.41) is -0.103. The minimum atomic E-state index is -0.0257. The number of rotatable bonds is 9. The van der Waals surface area contributed by atoms with Gasteiger partial charge in [-0.3, -0.25) is 4.90 Å². The third kappa shape index (κ3) is 6.92. The Kier molecular flexibility index (Phi) is 8.43. The van der Waals surface area contributed by atoms with E-state index in [4.69, 9.17) is 46.4 Å². The molecule has 0 radical (unpaired) electrons. The van der Waals surface area contributed by atoms with Gasteiger partial charge in [0, 0.05) is 6.54 Å². The maximum absolute atomic E-state index is 5.89. The smallest absolute Gasteiger partial charge is 0.237 e. The number of aromatic nitrogens is 6.